The fourth-order valence-electron chi connectivity index (χ4n) is 1.58. The molecule has 4 nitrogen and oxygen atoms in total. The highest BCUT2D eigenvalue weighted by Gasteiger charge is 2.05. The molecule has 0 aliphatic carbocycles. The van der Waals surface area contributed by atoms with Crippen LogP contribution in [-0.4, -0.2) is 17.0 Å². The summed E-state index contributed by atoms with van der Waals surface area (Å²) in [4.78, 5) is 9.64. The molecule has 0 N–H and O–H groups in total. The number of benzene rings is 1. The Morgan fingerprint density at radius 3 is 2.41 bits per heavy atom. The lowest BCUT2D eigenvalue weighted by molar-refractivity contribution is 1.04. The molecule has 84 valence electrons. The third kappa shape index (κ3) is 2.23. The molecule has 0 unspecified atom stereocenters. The smallest absolute Gasteiger partial charge is 0.238 e. The predicted octanol–water partition coefficient (Wildman–Crippen LogP) is 2.37. The Kier molecular flexibility index (Phi) is 3.01. The third-order valence-electron chi connectivity index (χ3n) is 2.54. The average Bonchev–Trinajstić information content (AvgIpc) is 2.39. The highest BCUT2D eigenvalue weighted by Crippen LogP contribution is 2.22. The van der Waals surface area contributed by atoms with Crippen LogP contribution in [0.2, 0.25) is 0 Å². The summed E-state index contributed by atoms with van der Waals surface area (Å²) < 4.78 is 0. The summed E-state index contributed by atoms with van der Waals surface area (Å²) in [7, 11) is 1.63. The molecule has 1 heterocycles. The molecule has 1 aromatic carbocycles. The van der Waals surface area contributed by atoms with Gasteiger partial charge in [-0.15, -0.1) is 0 Å². The Labute approximate surface area is 100 Å². The number of nitrogens with zero attached hydrogens (tertiary/aromatic N) is 4. The van der Waals surface area contributed by atoms with E-state index < -0.39 is 0 Å². The van der Waals surface area contributed by atoms with Crippen LogP contribution in [0.25, 0.3) is 11.1 Å². The number of nitriles is 1. The van der Waals surface area contributed by atoms with Gasteiger partial charge in [0.15, 0.2) is 6.19 Å². The highest BCUT2D eigenvalue weighted by molar-refractivity contribution is 5.65. The summed E-state index contributed by atoms with van der Waals surface area (Å²) in [6.07, 6.45) is 5.43. The lowest BCUT2D eigenvalue weighted by Gasteiger charge is -2.08. The second-order valence-corrected chi connectivity index (χ2v) is 3.75. The van der Waals surface area contributed by atoms with Crippen LogP contribution in [0.15, 0.2) is 36.7 Å². The van der Waals surface area contributed by atoms with Gasteiger partial charge in [-0.1, -0.05) is 24.3 Å². The first kappa shape index (κ1) is 11.1. The minimum atomic E-state index is 0.407. The van der Waals surface area contributed by atoms with Gasteiger partial charge in [-0.3, -0.25) is 4.90 Å². The van der Waals surface area contributed by atoms with E-state index >= 15 is 0 Å². The molecule has 0 saturated heterocycles. The standard InChI is InChI=1S/C13H12N4/c1-10-5-3-4-6-12(10)11-7-15-13(16-8-11)17(2)9-14/h3-8H,1-2H3. The van der Waals surface area contributed by atoms with Gasteiger partial charge in [0, 0.05) is 25.0 Å². The van der Waals surface area contributed by atoms with Gasteiger partial charge in [0.2, 0.25) is 5.95 Å². The van der Waals surface area contributed by atoms with E-state index in [2.05, 4.69) is 9.97 Å². The Balaban J connectivity index is 2.37. The van der Waals surface area contributed by atoms with Crippen LogP contribution in [0.3, 0.4) is 0 Å². The quantitative estimate of drug-likeness (QED) is 0.580. The van der Waals surface area contributed by atoms with Crippen LogP contribution < -0.4 is 4.90 Å². The molecule has 2 aromatic rings. The number of rotatable bonds is 2. The molecule has 0 fully saturated rings. The SMILES string of the molecule is Cc1ccccc1-c1cnc(N(C)C#N)nc1. The zero-order valence-electron chi connectivity index (χ0n) is 9.75. The van der Waals surface area contributed by atoms with Crippen molar-refractivity contribution in [1.82, 2.24) is 9.97 Å². The summed E-state index contributed by atoms with van der Waals surface area (Å²) in [5.74, 6) is 0.407. The summed E-state index contributed by atoms with van der Waals surface area (Å²) in [5, 5.41) is 8.71. The largest absolute Gasteiger partial charge is 0.250 e. The minimum Gasteiger partial charge on any atom is -0.250 e. The highest BCUT2D eigenvalue weighted by atomic mass is 15.2. The topological polar surface area (TPSA) is 52.8 Å². The Hall–Kier alpha value is -2.41. The Morgan fingerprint density at radius 2 is 1.82 bits per heavy atom. The fourth-order valence-corrected chi connectivity index (χ4v) is 1.58. The molecule has 0 aliphatic rings. The van der Waals surface area contributed by atoms with E-state index in [1.807, 2.05) is 37.4 Å². The molecule has 0 spiro atoms. The lowest BCUT2D eigenvalue weighted by atomic mass is 10.0. The maximum atomic E-state index is 8.71. The average molecular weight is 224 g/mol. The molecular weight excluding hydrogens is 212 g/mol. The fraction of sp³-hybridized carbons (Fsp3) is 0.154. The molecule has 0 saturated carbocycles. The molecule has 17 heavy (non-hydrogen) atoms. The zero-order chi connectivity index (χ0) is 12.3. The maximum absolute atomic E-state index is 8.71. The van der Waals surface area contributed by atoms with Crippen LogP contribution >= 0.6 is 0 Å². The van der Waals surface area contributed by atoms with Gasteiger partial charge < -0.3 is 0 Å². The van der Waals surface area contributed by atoms with E-state index in [4.69, 9.17) is 5.26 Å². The van der Waals surface area contributed by atoms with E-state index in [0.717, 1.165) is 11.1 Å². The van der Waals surface area contributed by atoms with Crippen LogP contribution in [0, 0.1) is 18.4 Å². The van der Waals surface area contributed by atoms with Gasteiger partial charge >= 0.3 is 0 Å². The summed E-state index contributed by atoms with van der Waals surface area (Å²) in [6.45, 7) is 2.05. The first-order chi connectivity index (χ1) is 8.22. The number of aromatic nitrogens is 2. The van der Waals surface area contributed by atoms with E-state index in [0.29, 0.717) is 5.95 Å². The van der Waals surface area contributed by atoms with Crippen LogP contribution in [0.4, 0.5) is 5.95 Å². The molecular formula is C13H12N4. The predicted molar refractivity (Wildman–Crippen MR) is 66.2 cm³/mol. The summed E-state index contributed by atoms with van der Waals surface area (Å²) in [5.41, 5.74) is 3.24. The monoisotopic (exact) mass is 224 g/mol. The number of anilines is 1. The molecule has 4 heteroatoms. The van der Waals surface area contributed by atoms with Gasteiger partial charge in [0.25, 0.3) is 0 Å². The van der Waals surface area contributed by atoms with E-state index in [1.54, 1.807) is 19.4 Å². The van der Waals surface area contributed by atoms with E-state index in [-0.39, 0.29) is 0 Å². The van der Waals surface area contributed by atoms with E-state index in [9.17, 15) is 0 Å². The van der Waals surface area contributed by atoms with Crippen molar-refractivity contribution in [3.05, 3.63) is 42.2 Å². The van der Waals surface area contributed by atoms with Crippen molar-refractivity contribution in [3.63, 3.8) is 0 Å². The van der Waals surface area contributed by atoms with E-state index in [1.165, 1.54) is 10.5 Å². The van der Waals surface area contributed by atoms with Crippen LogP contribution in [0.1, 0.15) is 5.56 Å². The van der Waals surface area contributed by atoms with Crippen LogP contribution in [0.5, 0.6) is 0 Å². The van der Waals surface area contributed by atoms with Gasteiger partial charge in [0.1, 0.15) is 0 Å². The lowest BCUT2D eigenvalue weighted by Crippen LogP contribution is -2.11. The van der Waals surface area contributed by atoms with Crippen molar-refractivity contribution in [2.45, 2.75) is 6.92 Å². The third-order valence-corrected chi connectivity index (χ3v) is 2.54. The van der Waals surface area contributed by atoms with Gasteiger partial charge in [-0.25, -0.2) is 9.97 Å². The van der Waals surface area contributed by atoms with Crippen molar-refractivity contribution in [2.75, 3.05) is 11.9 Å². The molecule has 0 bridgehead atoms. The molecule has 0 aliphatic heterocycles. The van der Waals surface area contributed by atoms with Crippen molar-refractivity contribution < 1.29 is 0 Å². The normalized spacial score (nSPS) is 9.71. The molecule has 1 aromatic heterocycles. The Bertz CT molecular complexity index is 554. The zero-order valence-corrected chi connectivity index (χ0v) is 9.75. The first-order valence-corrected chi connectivity index (χ1v) is 5.24. The first-order valence-electron chi connectivity index (χ1n) is 5.24. The van der Waals surface area contributed by atoms with Gasteiger partial charge in [-0.05, 0) is 18.1 Å². The number of aryl methyl sites for hydroxylation is 1. The maximum Gasteiger partial charge on any atom is 0.238 e. The molecule has 0 atom stereocenters. The van der Waals surface area contributed by atoms with Gasteiger partial charge in [-0.2, -0.15) is 5.26 Å². The molecule has 0 amide bonds. The van der Waals surface area contributed by atoms with Crippen molar-refractivity contribution in [2.24, 2.45) is 0 Å². The van der Waals surface area contributed by atoms with Gasteiger partial charge in [0.05, 0.1) is 0 Å². The minimum absolute atomic E-state index is 0.407. The second kappa shape index (κ2) is 4.62. The molecule has 2 rings (SSSR count). The second-order valence-electron chi connectivity index (χ2n) is 3.75. The molecule has 0 radical (unpaired) electrons. The number of hydrogen-bond acceptors (Lipinski definition) is 4. The summed E-state index contributed by atoms with van der Waals surface area (Å²) >= 11 is 0. The van der Waals surface area contributed by atoms with Crippen LogP contribution in [-0.2, 0) is 0 Å². The summed E-state index contributed by atoms with van der Waals surface area (Å²) in [6, 6.07) is 8.06. The Morgan fingerprint density at radius 1 is 1.18 bits per heavy atom. The number of hydrogen-bond donors (Lipinski definition) is 0. The van der Waals surface area contributed by atoms with Crippen molar-refractivity contribution >= 4 is 5.95 Å². The van der Waals surface area contributed by atoms with Crippen molar-refractivity contribution in [1.29, 1.82) is 5.26 Å². The van der Waals surface area contributed by atoms with Crippen molar-refractivity contribution in [3.8, 4) is 17.3 Å².